The molecule has 0 spiro atoms. The van der Waals surface area contributed by atoms with E-state index in [0.717, 1.165) is 18.4 Å². The maximum absolute atomic E-state index is 11.6. The molecule has 1 heterocycles. The summed E-state index contributed by atoms with van der Waals surface area (Å²) < 4.78 is 5.15. The third-order valence-corrected chi connectivity index (χ3v) is 7.62. The lowest BCUT2D eigenvalue weighted by atomic mass is 10.0. The fraction of sp³-hybridized carbons (Fsp3) is 0.800. The van der Waals surface area contributed by atoms with Crippen molar-refractivity contribution >= 4 is 5.97 Å². The molecule has 1 atom stereocenters. The van der Waals surface area contributed by atoms with Gasteiger partial charge in [-0.2, -0.15) is 0 Å². The summed E-state index contributed by atoms with van der Waals surface area (Å²) in [5.41, 5.74) is 0.895. The van der Waals surface area contributed by atoms with Crippen LogP contribution in [0.2, 0.25) is 0 Å². The van der Waals surface area contributed by atoms with Crippen molar-refractivity contribution in [3.63, 3.8) is 0 Å². The van der Waals surface area contributed by atoms with Crippen LogP contribution in [0.1, 0.15) is 174 Å². The minimum Gasteiger partial charge on any atom is -0.455 e. The normalized spacial score (nSPS) is 15.8. The van der Waals surface area contributed by atoms with Crippen LogP contribution in [0.25, 0.3) is 0 Å². The predicted molar refractivity (Wildman–Crippen MR) is 163 cm³/mol. The number of hydrogen-bond donors (Lipinski definition) is 0. The van der Waals surface area contributed by atoms with E-state index in [0.29, 0.717) is 0 Å². The van der Waals surface area contributed by atoms with Gasteiger partial charge >= 0.3 is 5.97 Å². The fourth-order valence-electron chi connectivity index (χ4n) is 5.22. The summed E-state index contributed by atoms with van der Waals surface area (Å²) in [4.78, 5) is 11.6. The summed E-state index contributed by atoms with van der Waals surface area (Å²) in [6, 6.07) is 0. The zero-order valence-electron chi connectivity index (χ0n) is 25.0. The molecule has 0 bridgehead atoms. The first-order valence-corrected chi connectivity index (χ1v) is 16.5. The van der Waals surface area contributed by atoms with Gasteiger partial charge in [0.1, 0.15) is 6.10 Å². The van der Waals surface area contributed by atoms with Crippen LogP contribution in [0.5, 0.6) is 0 Å². The molecule has 0 fully saturated rings. The van der Waals surface area contributed by atoms with Gasteiger partial charge in [-0.1, -0.05) is 140 Å². The fourth-order valence-corrected chi connectivity index (χ4v) is 5.22. The van der Waals surface area contributed by atoms with Gasteiger partial charge in [0.15, 0.2) is 0 Å². The first kappa shape index (κ1) is 33.7. The molecular weight excluding hydrogens is 452 g/mol. The van der Waals surface area contributed by atoms with Gasteiger partial charge in [-0.05, 0) is 64.4 Å². The van der Waals surface area contributed by atoms with E-state index in [9.17, 15) is 4.79 Å². The smallest absolute Gasteiger partial charge is 0.334 e. The van der Waals surface area contributed by atoms with Gasteiger partial charge in [-0.25, -0.2) is 4.79 Å². The van der Waals surface area contributed by atoms with E-state index in [1.54, 1.807) is 0 Å². The van der Waals surface area contributed by atoms with Crippen LogP contribution in [0.15, 0.2) is 36.0 Å². The van der Waals surface area contributed by atoms with Crippen molar-refractivity contribution < 1.29 is 9.53 Å². The zero-order chi connectivity index (χ0) is 26.7. The molecule has 0 aromatic heterocycles. The van der Waals surface area contributed by atoms with Crippen LogP contribution >= 0.6 is 0 Å². The second-order valence-electron chi connectivity index (χ2n) is 11.4. The summed E-state index contributed by atoms with van der Waals surface area (Å²) in [7, 11) is 0. The maximum atomic E-state index is 11.6. The average Bonchev–Trinajstić information content (AvgIpc) is 3.22. The van der Waals surface area contributed by atoms with Gasteiger partial charge in [-0.15, -0.1) is 0 Å². The number of carbonyl (C=O) groups excluding carboxylic acids is 1. The van der Waals surface area contributed by atoms with Crippen molar-refractivity contribution in [2.45, 2.75) is 180 Å². The Kier molecular flexibility index (Phi) is 24.0. The highest BCUT2D eigenvalue weighted by molar-refractivity contribution is 5.90. The number of esters is 1. The van der Waals surface area contributed by atoms with Crippen molar-refractivity contribution in [3.05, 3.63) is 36.0 Å². The molecule has 1 rings (SSSR count). The van der Waals surface area contributed by atoms with Crippen molar-refractivity contribution in [1.29, 1.82) is 0 Å². The number of rotatable bonds is 27. The average molecular weight is 515 g/mol. The molecular formula is C35H62O2. The Hall–Kier alpha value is -1.31. The summed E-state index contributed by atoms with van der Waals surface area (Å²) >= 11 is 0. The topological polar surface area (TPSA) is 26.3 Å². The van der Waals surface area contributed by atoms with Crippen molar-refractivity contribution in [1.82, 2.24) is 0 Å². The summed E-state index contributed by atoms with van der Waals surface area (Å²) in [6.45, 7) is 4.23. The Bertz CT molecular complexity index is 600. The first-order valence-electron chi connectivity index (χ1n) is 16.5. The monoisotopic (exact) mass is 514 g/mol. The second-order valence-corrected chi connectivity index (χ2v) is 11.4. The molecule has 1 aliphatic heterocycles. The van der Waals surface area contributed by atoms with Crippen LogP contribution in [-0.2, 0) is 9.53 Å². The van der Waals surface area contributed by atoms with Crippen molar-refractivity contribution in [2.24, 2.45) is 0 Å². The second kappa shape index (κ2) is 26.3. The van der Waals surface area contributed by atoms with E-state index in [-0.39, 0.29) is 12.1 Å². The SMILES string of the molecule is CCCCCCCCCCCCCC/C=C\CC/C=C\CCCCCCCCCCC1=CC(C)OC1=O. The van der Waals surface area contributed by atoms with Crippen LogP contribution in [0.3, 0.4) is 0 Å². The zero-order valence-corrected chi connectivity index (χ0v) is 25.0. The summed E-state index contributed by atoms with van der Waals surface area (Å²) in [5, 5.41) is 0. The number of hydrogen-bond acceptors (Lipinski definition) is 2. The number of ether oxygens (including phenoxy) is 1. The molecule has 0 amide bonds. The minimum atomic E-state index is -0.0944. The van der Waals surface area contributed by atoms with Crippen LogP contribution in [0, 0.1) is 0 Å². The largest absolute Gasteiger partial charge is 0.455 e. The molecule has 0 radical (unpaired) electrons. The third kappa shape index (κ3) is 22.4. The van der Waals surface area contributed by atoms with Crippen LogP contribution in [-0.4, -0.2) is 12.1 Å². The lowest BCUT2D eigenvalue weighted by Gasteiger charge is -2.02. The van der Waals surface area contributed by atoms with Crippen molar-refractivity contribution in [3.8, 4) is 0 Å². The lowest BCUT2D eigenvalue weighted by Crippen LogP contribution is -2.03. The summed E-state index contributed by atoms with van der Waals surface area (Å²) in [6.07, 6.45) is 44.9. The maximum Gasteiger partial charge on any atom is 0.334 e. The van der Waals surface area contributed by atoms with E-state index >= 15 is 0 Å². The van der Waals surface area contributed by atoms with Crippen LogP contribution < -0.4 is 0 Å². The molecule has 0 saturated carbocycles. The highest BCUT2D eigenvalue weighted by Crippen LogP contribution is 2.20. The first-order chi connectivity index (χ1) is 18.2. The van der Waals surface area contributed by atoms with Gasteiger partial charge in [0.2, 0.25) is 0 Å². The molecule has 37 heavy (non-hydrogen) atoms. The molecule has 1 aliphatic rings. The Balaban J connectivity index is 1.72. The molecule has 0 aliphatic carbocycles. The third-order valence-electron chi connectivity index (χ3n) is 7.62. The van der Waals surface area contributed by atoms with E-state index < -0.39 is 0 Å². The Labute approximate surface area is 231 Å². The van der Waals surface area contributed by atoms with Gasteiger partial charge in [0, 0.05) is 5.57 Å². The molecule has 0 saturated heterocycles. The van der Waals surface area contributed by atoms with Gasteiger partial charge in [0.05, 0.1) is 0 Å². The summed E-state index contributed by atoms with van der Waals surface area (Å²) in [5.74, 6) is -0.0944. The number of unbranched alkanes of at least 4 members (excludes halogenated alkanes) is 21. The standard InChI is InChI=1S/C35H62O2/c1-3-4-5-6-7-8-9-10-11-12-13-14-15-16-17-18-19-20-21-22-23-24-25-26-27-28-29-30-31-34-32-33(2)37-35(34)36/h16-17,20-21,32-33H,3-15,18-19,22-31H2,1-2H3/b17-16-,21-20-. The van der Waals surface area contributed by atoms with Gasteiger partial charge < -0.3 is 4.74 Å². The highest BCUT2D eigenvalue weighted by atomic mass is 16.5. The number of carbonyl (C=O) groups is 1. The Morgan fingerprint density at radius 2 is 0.946 bits per heavy atom. The molecule has 0 N–H and O–H groups in total. The number of cyclic esters (lactones) is 1. The number of allylic oxidation sites excluding steroid dienone is 4. The minimum absolute atomic E-state index is 0.0204. The quantitative estimate of drug-likeness (QED) is 0.0619. The Morgan fingerprint density at radius 1 is 0.568 bits per heavy atom. The molecule has 214 valence electrons. The molecule has 2 nitrogen and oxygen atoms in total. The van der Waals surface area contributed by atoms with Gasteiger partial charge in [-0.3, -0.25) is 0 Å². The van der Waals surface area contributed by atoms with E-state index in [4.69, 9.17) is 4.74 Å². The van der Waals surface area contributed by atoms with E-state index in [1.165, 1.54) is 148 Å². The molecule has 0 aromatic rings. The molecule has 2 heteroatoms. The highest BCUT2D eigenvalue weighted by Gasteiger charge is 2.21. The van der Waals surface area contributed by atoms with Crippen molar-refractivity contribution in [2.75, 3.05) is 0 Å². The van der Waals surface area contributed by atoms with Crippen LogP contribution in [0.4, 0.5) is 0 Å². The predicted octanol–water partition coefficient (Wildman–Crippen LogP) is 11.7. The van der Waals surface area contributed by atoms with E-state index in [1.807, 2.05) is 13.0 Å². The van der Waals surface area contributed by atoms with Gasteiger partial charge in [0.25, 0.3) is 0 Å². The molecule has 0 aromatic carbocycles. The molecule has 1 unspecified atom stereocenters. The van der Waals surface area contributed by atoms with E-state index in [2.05, 4.69) is 31.2 Å². The lowest BCUT2D eigenvalue weighted by molar-refractivity contribution is -0.139. The Morgan fingerprint density at radius 3 is 1.35 bits per heavy atom.